The topological polar surface area (TPSA) is 64.2 Å². The maximum Gasteiger partial charge on any atom is 0.134 e. The number of hydrogen-bond acceptors (Lipinski definition) is 4. The lowest BCUT2D eigenvalue weighted by atomic mass is 9.96. The zero-order valence-electron chi connectivity index (χ0n) is 16.3. The first kappa shape index (κ1) is 17.6. The SMILES string of the molecule is Cc1c2ccnc(NCCCN(C)C)c2c(C)c2c1[nH]c1ccc(O)cc12. The van der Waals surface area contributed by atoms with Crippen molar-refractivity contribution in [1.29, 1.82) is 0 Å². The number of aromatic nitrogens is 2. The fourth-order valence-electron chi connectivity index (χ4n) is 4.00. The lowest BCUT2D eigenvalue weighted by molar-refractivity contribution is 0.405. The van der Waals surface area contributed by atoms with Crippen LogP contribution in [0, 0.1) is 13.8 Å². The third kappa shape index (κ3) is 2.98. The molecule has 2 aromatic carbocycles. The minimum atomic E-state index is 0.286. The monoisotopic (exact) mass is 362 g/mol. The molecule has 2 aromatic heterocycles. The minimum absolute atomic E-state index is 0.286. The predicted octanol–water partition coefficient (Wildman–Crippen LogP) is 4.56. The second-order valence-electron chi connectivity index (χ2n) is 7.52. The number of nitrogens with one attached hydrogen (secondary N) is 2. The van der Waals surface area contributed by atoms with Gasteiger partial charge in [0, 0.05) is 34.4 Å². The summed E-state index contributed by atoms with van der Waals surface area (Å²) >= 11 is 0. The molecule has 2 heterocycles. The van der Waals surface area contributed by atoms with Gasteiger partial charge in [0.05, 0.1) is 5.52 Å². The molecule has 0 atom stereocenters. The van der Waals surface area contributed by atoms with Crippen LogP contribution in [0.3, 0.4) is 0 Å². The van der Waals surface area contributed by atoms with Crippen molar-refractivity contribution in [3.63, 3.8) is 0 Å². The van der Waals surface area contributed by atoms with E-state index in [1.54, 1.807) is 6.07 Å². The van der Waals surface area contributed by atoms with Gasteiger partial charge in [0.15, 0.2) is 0 Å². The number of pyridine rings is 1. The summed E-state index contributed by atoms with van der Waals surface area (Å²) in [6, 6.07) is 7.59. The summed E-state index contributed by atoms with van der Waals surface area (Å²) in [6.45, 7) is 6.22. The first-order valence-corrected chi connectivity index (χ1v) is 9.38. The largest absolute Gasteiger partial charge is 0.508 e. The fraction of sp³-hybridized carbons (Fsp3) is 0.318. The number of benzene rings is 2. The van der Waals surface area contributed by atoms with Gasteiger partial charge in [-0.2, -0.15) is 0 Å². The van der Waals surface area contributed by atoms with Crippen LogP contribution < -0.4 is 5.32 Å². The Morgan fingerprint density at radius 1 is 1.07 bits per heavy atom. The summed E-state index contributed by atoms with van der Waals surface area (Å²) in [4.78, 5) is 10.4. The molecule has 140 valence electrons. The Morgan fingerprint density at radius 2 is 1.89 bits per heavy atom. The van der Waals surface area contributed by atoms with E-state index in [9.17, 15) is 5.11 Å². The fourth-order valence-corrected chi connectivity index (χ4v) is 4.00. The number of fused-ring (bicyclic) bond motifs is 4. The molecule has 0 saturated heterocycles. The van der Waals surface area contributed by atoms with Gasteiger partial charge in [-0.15, -0.1) is 0 Å². The lowest BCUT2D eigenvalue weighted by Gasteiger charge is -2.15. The van der Waals surface area contributed by atoms with Crippen LogP contribution in [-0.2, 0) is 0 Å². The van der Waals surface area contributed by atoms with Crippen LogP contribution in [0.25, 0.3) is 32.6 Å². The third-order valence-corrected chi connectivity index (χ3v) is 5.34. The number of phenols is 1. The van der Waals surface area contributed by atoms with Crippen molar-refractivity contribution in [1.82, 2.24) is 14.9 Å². The number of aryl methyl sites for hydroxylation is 2. The van der Waals surface area contributed by atoms with E-state index >= 15 is 0 Å². The summed E-state index contributed by atoms with van der Waals surface area (Å²) in [5, 5.41) is 18.1. The Bertz CT molecular complexity index is 1140. The number of H-pyrrole nitrogens is 1. The van der Waals surface area contributed by atoms with Gasteiger partial charge in [-0.1, -0.05) is 0 Å². The molecule has 0 amide bonds. The Morgan fingerprint density at radius 3 is 2.67 bits per heavy atom. The number of hydrogen-bond donors (Lipinski definition) is 3. The molecule has 4 aromatic rings. The molecule has 27 heavy (non-hydrogen) atoms. The van der Waals surface area contributed by atoms with Crippen LogP contribution >= 0.6 is 0 Å². The third-order valence-electron chi connectivity index (χ3n) is 5.34. The molecule has 0 saturated carbocycles. The van der Waals surface area contributed by atoms with Crippen molar-refractivity contribution >= 4 is 38.4 Å². The van der Waals surface area contributed by atoms with E-state index < -0.39 is 0 Å². The van der Waals surface area contributed by atoms with Crippen LogP contribution in [0.2, 0.25) is 0 Å². The van der Waals surface area contributed by atoms with E-state index in [1.165, 1.54) is 16.5 Å². The zero-order chi connectivity index (χ0) is 19.1. The van der Waals surface area contributed by atoms with Gasteiger partial charge in [0.1, 0.15) is 11.6 Å². The number of phenolic OH excluding ortho intramolecular Hbond substituents is 1. The van der Waals surface area contributed by atoms with Gasteiger partial charge in [-0.25, -0.2) is 4.98 Å². The molecule has 5 heteroatoms. The van der Waals surface area contributed by atoms with Gasteiger partial charge >= 0.3 is 0 Å². The summed E-state index contributed by atoms with van der Waals surface area (Å²) in [5.74, 6) is 1.22. The molecule has 3 N–H and O–H groups in total. The second-order valence-corrected chi connectivity index (χ2v) is 7.52. The summed E-state index contributed by atoms with van der Waals surface area (Å²) in [6.07, 6.45) is 2.94. The zero-order valence-corrected chi connectivity index (χ0v) is 16.3. The number of aromatic amines is 1. The molecular weight excluding hydrogens is 336 g/mol. The quantitative estimate of drug-likeness (QED) is 0.456. The maximum absolute atomic E-state index is 9.98. The van der Waals surface area contributed by atoms with Crippen LogP contribution in [-0.4, -0.2) is 47.2 Å². The van der Waals surface area contributed by atoms with Crippen LogP contribution in [0.5, 0.6) is 5.75 Å². The van der Waals surface area contributed by atoms with Crippen molar-refractivity contribution < 1.29 is 5.11 Å². The summed E-state index contributed by atoms with van der Waals surface area (Å²) in [7, 11) is 4.18. The van der Waals surface area contributed by atoms with Crippen LogP contribution in [0.4, 0.5) is 5.82 Å². The molecule has 0 aliphatic heterocycles. The molecule has 0 aliphatic carbocycles. The molecule has 0 aliphatic rings. The van der Waals surface area contributed by atoms with Crippen molar-refractivity contribution in [3.8, 4) is 5.75 Å². The smallest absolute Gasteiger partial charge is 0.134 e. The molecule has 5 nitrogen and oxygen atoms in total. The molecule has 0 radical (unpaired) electrons. The Labute approximate surface area is 159 Å². The lowest BCUT2D eigenvalue weighted by Crippen LogP contribution is -2.16. The number of anilines is 1. The first-order chi connectivity index (χ1) is 13.0. The highest BCUT2D eigenvalue weighted by atomic mass is 16.3. The van der Waals surface area contributed by atoms with Gasteiger partial charge < -0.3 is 20.3 Å². The standard InChI is InChI=1S/C22H26N4O/c1-13-16-8-10-24-22(23-9-5-11-26(3)4)20(16)14(2)19-17-12-15(27)6-7-18(17)25-21(13)19/h6-8,10,12,25,27H,5,9,11H2,1-4H3,(H,23,24). The first-order valence-electron chi connectivity index (χ1n) is 9.38. The van der Waals surface area contributed by atoms with E-state index in [-0.39, 0.29) is 5.75 Å². The Balaban J connectivity index is 1.91. The highest BCUT2D eigenvalue weighted by Gasteiger charge is 2.17. The van der Waals surface area contributed by atoms with Crippen molar-refractivity contribution in [2.75, 3.05) is 32.5 Å². The summed E-state index contributed by atoms with van der Waals surface area (Å²) in [5.41, 5.74) is 4.56. The van der Waals surface area contributed by atoms with Crippen LogP contribution in [0.1, 0.15) is 17.5 Å². The van der Waals surface area contributed by atoms with Gasteiger partial charge in [-0.3, -0.25) is 0 Å². The molecule has 4 rings (SSSR count). The van der Waals surface area contributed by atoms with Gasteiger partial charge in [-0.05, 0) is 81.7 Å². The molecule has 0 unspecified atom stereocenters. The average Bonchev–Trinajstić information content (AvgIpc) is 3.02. The van der Waals surface area contributed by atoms with E-state index in [2.05, 4.69) is 54.2 Å². The second kappa shape index (κ2) is 6.74. The van der Waals surface area contributed by atoms with E-state index in [4.69, 9.17) is 0 Å². The van der Waals surface area contributed by atoms with Gasteiger partial charge in [0.25, 0.3) is 0 Å². The van der Waals surface area contributed by atoms with E-state index in [0.29, 0.717) is 0 Å². The van der Waals surface area contributed by atoms with Crippen LogP contribution in [0.15, 0.2) is 30.5 Å². The van der Waals surface area contributed by atoms with Crippen molar-refractivity contribution in [3.05, 3.63) is 41.6 Å². The summed E-state index contributed by atoms with van der Waals surface area (Å²) < 4.78 is 0. The Kier molecular flexibility index (Phi) is 4.40. The highest BCUT2D eigenvalue weighted by Crippen LogP contribution is 2.39. The predicted molar refractivity (Wildman–Crippen MR) is 114 cm³/mol. The normalized spacial score (nSPS) is 11.9. The highest BCUT2D eigenvalue weighted by molar-refractivity contribution is 6.18. The molecule has 0 bridgehead atoms. The average molecular weight is 362 g/mol. The van der Waals surface area contributed by atoms with Crippen molar-refractivity contribution in [2.45, 2.75) is 20.3 Å². The minimum Gasteiger partial charge on any atom is -0.508 e. The molecular formula is C22H26N4O. The molecule has 0 fully saturated rings. The van der Waals surface area contributed by atoms with Gasteiger partial charge in [0.2, 0.25) is 0 Å². The maximum atomic E-state index is 9.98. The number of rotatable bonds is 5. The van der Waals surface area contributed by atoms with Crippen molar-refractivity contribution in [2.24, 2.45) is 0 Å². The number of nitrogens with zero attached hydrogens (tertiary/aromatic N) is 2. The Hall–Kier alpha value is -2.79. The van der Waals surface area contributed by atoms with E-state index in [0.717, 1.165) is 52.5 Å². The number of aromatic hydroxyl groups is 1. The molecule has 0 spiro atoms. The van der Waals surface area contributed by atoms with E-state index in [1.807, 2.05) is 18.3 Å².